The SMILES string of the molecule is CSc1ccccc1NC(=O)CN(C)C(=O)COc1ccc(I)cc1. The van der Waals surface area contributed by atoms with E-state index in [0.29, 0.717) is 5.75 Å². The molecule has 0 spiro atoms. The van der Waals surface area contributed by atoms with E-state index in [9.17, 15) is 9.59 Å². The predicted molar refractivity (Wildman–Crippen MR) is 109 cm³/mol. The highest BCUT2D eigenvalue weighted by Crippen LogP contribution is 2.24. The van der Waals surface area contributed by atoms with Gasteiger partial charge in [0.15, 0.2) is 6.61 Å². The summed E-state index contributed by atoms with van der Waals surface area (Å²) < 4.78 is 6.54. The van der Waals surface area contributed by atoms with Gasteiger partial charge in [0, 0.05) is 15.5 Å². The third-order valence-electron chi connectivity index (χ3n) is 3.36. The molecule has 0 aliphatic rings. The normalized spacial score (nSPS) is 10.2. The zero-order valence-electron chi connectivity index (χ0n) is 14.0. The van der Waals surface area contributed by atoms with Crippen LogP contribution in [0.25, 0.3) is 0 Å². The molecule has 2 aromatic rings. The van der Waals surface area contributed by atoms with Gasteiger partial charge in [0.05, 0.1) is 12.2 Å². The second kappa shape index (κ2) is 9.67. The van der Waals surface area contributed by atoms with E-state index < -0.39 is 0 Å². The largest absolute Gasteiger partial charge is 0.484 e. The van der Waals surface area contributed by atoms with Gasteiger partial charge in [0.1, 0.15) is 5.75 Å². The van der Waals surface area contributed by atoms with Crippen molar-refractivity contribution in [3.05, 3.63) is 52.1 Å². The fourth-order valence-corrected chi connectivity index (χ4v) is 2.94. The number of amides is 2. The van der Waals surface area contributed by atoms with Gasteiger partial charge in [-0.05, 0) is 65.2 Å². The van der Waals surface area contributed by atoms with Gasteiger partial charge in [-0.25, -0.2) is 0 Å². The first-order chi connectivity index (χ1) is 12.0. The molecule has 0 heterocycles. The Kier molecular flexibility index (Phi) is 7.57. The van der Waals surface area contributed by atoms with Gasteiger partial charge in [-0.3, -0.25) is 9.59 Å². The molecule has 0 aromatic heterocycles. The van der Waals surface area contributed by atoms with Crippen molar-refractivity contribution in [3.63, 3.8) is 0 Å². The maximum absolute atomic E-state index is 12.2. The Bertz CT molecular complexity index is 737. The van der Waals surface area contributed by atoms with Crippen molar-refractivity contribution in [3.8, 4) is 5.75 Å². The maximum atomic E-state index is 12.2. The van der Waals surface area contributed by atoms with E-state index in [-0.39, 0.29) is 25.0 Å². The van der Waals surface area contributed by atoms with Crippen LogP contribution in [-0.2, 0) is 9.59 Å². The number of likely N-dealkylation sites (N-methyl/N-ethyl adjacent to an activating group) is 1. The molecule has 0 unspecified atom stereocenters. The number of carbonyl (C=O) groups is 2. The van der Waals surface area contributed by atoms with Crippen molar-refractivity contribution in [2.45, 2.75) is 4.90 Å². The topological polar surface area (TPSA) is 58.6 Å². The van der Waals surface area contributed by atoms with E-state index in [2.05, 4.69) is 27.9 Å². The molecule has 0 aliphatic carbocycles. The Labute approximate surface area is 165 Å². The number of carbonyl (C=O) groups excluding carboxylic acids is 2. The number of hydrogen-bond donors (Lipinski definition) is 1. The van der Waals surface area contributed by atoms with E-state index in [1.165, 1.54) is 4.90 Å². The van der Waals surface area contributed by atoms with Crippen LogP contribution in [0.4, 0.5) is 5.69 Å². The van der Waals surface area contributed by atoms with Gasteiger partial charge in [-0.15, -0.1) is 11.8 Å². The summed E-state index contributed by atoms with van der Waals surface area (Å²) in [5.41, 5.74) is 0.746. The number of thioether (sulfide) groups is 1. The Hall–Kier alpha value is -1.74. The van der Waals surface area contributed by atoms with Gasteiger partial charge in [0.2, 0.25) is 5.91 Å². The molecular formula is C18H19IN2O3S. The summed E-state index contributed by atoms with van der Waals surface area (Å²) in [5.74, 6) is 0.124. The van der Waals surface area contributed by atoms with E-state index in [4.69, 9.17) is 4.74 Å². The molecular weight excluding hydrogens is 451 g/mol. The fraction of sp³-hybridized carbons (Fsp3) is 0.222. The molecule has 0 atom stereocenters. The highest BCUT2D eigenvalue weighted by Gasteiger charge is 2.14. The van der Waals surface area contributed by atoms with Gasteiger partial charge in [-0.1, -0.05) is 12.1 Å². The second-order valence-corrected chi connectivity index (χ2v) is 7.33. The molecule has 1 N–H and O–H groups in total. The van der Waals surface area contributed by atoms with Crippen molar-refractivity contribution in [1.29, 1.82) is 0 Å². The number of rotatable bonds is 7. The number of para-hydroxylation sites is 1. The Balaban J connectivity index is 1.83. The zero-order valence-corrected chi connectivity index (χ0v) is 17.0. The summed E-state index contributed by atoms with van der Waals surface area (Å²) in [7, 11) is 1.58. The van der Waals surface area contributed by atoms with Crippen molar-refractivity contribution in [2.24, 2.45) is 0 Å². The van der Waals surface area contributed by atoms with Crippen LogP contribution in [0.5, 0.6) is 5.75 Å². The van der Waals surface area contributed by atoms with Crippen molar-refractivity contribution < 1.29 is 14.3 Å². The third-order valence-corrected chi connectivity index (χ3v) is 4.88. The van der Waals surface area contributed by atoms with Crippen LogP contribution < -0.4 is 10.1 Å². The molecule has 0 bridgehead atoms. The summed E-state index contributed by atoms with van der Waals surface area (Å²) in [5, 5.41) is 2.83. The summed E-state index contributed by atoms with van der Waals surface area (Å²) in [6.45, 7) is -0.136. The minimum Gasteiger partial charge on any atom is -0.484 e. The van der Waals surface area contributed by atoms with Gasteiger partial charge in [0.25, 0.3) is 5.91 Å². The van der Waals surface area contributed by atoms with Gasteiger partial charge >= 0.3 is 0 Å². The summed E-state index contributed by atoms with van der Waals surface area (Å²) >= 11 is 3.75. The van der Waals surface area contributed by atoms with E-state index in [0.717, 1.165) is 14.2 Å². The monoisotopic (exact) mass is 470 g/mol. The molecule has 2 aromatic carbocycles. The standard InChI is InChI=1S/C18H19IN2O3S/c1-21(18(23)12-24-14-9-7-13(19)8-10-14)11-17(22)20-15-5-3-4-6-16(15)25-2/h3-10H,11-12H2,1-2H3,(H,20,22). The first-order valence-corrected chi connectivity index (χ1v) is 9.85. The predicted octanol–water partition coefficient (Wildman–Crippen LogP) is 3.49. The lowest BCUT2D eigenvalue weighted by Crippen LogP contribution is -2.37. The highest BCUT2D eigenvalue weighted by molar-refractivity contribution is 14.1. The highest BCUT2D eigenvalue weighted by atomic mass is 127. The lowest BCUT2D eigenvalue weighted by atomic mass is 10.3. The molecule has 0 radical (unpaired) electrons. The lowest BCUT2D eigenvalue weighted by molar-refractivity contribution is -0.135. The number of nitrogens with zero attached hydrogens (tertiary/aromatic N) is 1. The number of hydrogen-bond acceptors (Lipinski definition) is 4. The zero-order chi connectivity index (χ0) is 18.2. The maximum Gasteiger partial charge on any atom is 0.260 e. The molecule has 7 heteroatoms. The van der Waals surface area contributed by atoms with Crippen LogP contribution in [0, 0.1) is 3.57 Å². The van der Waals surface area contributed by atoms with Crippen LogP contribution in [0.1, 0.15) is 0 Å². The molecule has 2 amide bonds. The molecule has 25 heavy (non-hydrogen) atoms. The number of halogens is 1. The van der Waals surface area contributed by atoms with Crippen LogP contribution in [-0.4, -0.2) is 43.2 Å². The van der Waals surface area contributed by atoms with Gasteiger partial charge in [-0.2, -0.15) is 0 Å². The Morgan fingerprint density at radius 3 is 2.52 bits per heavy atom. The summed E-state index contributed by atoms with van der Waals surface area (Å²) in [4.78, 5) is 26.6. The number of ether oxygens (including phenoxy) is 1. The van der Waals surface area contributed by atoms with E-state index >= 15 is 0 Å². The molecule has 2 rings (SSSR count). The molecule has 0 saturated carbocycles. The quantitative estimate of drug-likeness (QED) is 0.498. The van der Waals surface area contributed by atoms with Crippen LogP contribution in [0.2, 0.25) is 0 Å². The molecule has 0 fully saturated rings. The Morgan fingerprint density at radius 1 is 1.16 bits per heavy atom. The molecule has 0 saturated heterocycles. The van der Waals surface area contributed by atoms with E-state index in [1.54, 1.807) is 30.9 Å². The van der Waals surface area contributed by atoms with Crippen molar-refractivity contribution in [2.75, 3.05) is 31.8 Å². The minimum atomic E-state index is -0.258. The van der Waals surface area contributed by atoms with Crippen LogP contribution in [0.15, 0.2) is 53.4 Å². The van der Waals surface area contributed by atoms with Gasteiger partial charge < -0.3 is 15.0 Å². The summed E-state index contributed by atoms with van der Waals surface area (Å²) in [6, 6.07) is 15.0. The average Bonchev–Trinajstić information content (AvgIpc) is 2.61. The average molecular weight is 470 g/mol. The lowest BCUT2D eigenvalue weighted by Gasteiger charge is -2.17. The van der Waals surface area contributed by atoms with Crippen LogP contribution in [0.3, 0.4) is 0 Å². The van der Waals surface area contributed by atoms with Crippen molar-refractivity contribution >= 4 is 51.9 Å². The number of anilines is 1. The summed E-state index contributed by atoms with van der Waals surface area (Å²) in [6.07, 6.45) is 1.95. The van der Waals surface area contributed by atoms with Crippen molar-refractivity contribution in [1.82, 2.24) is 4.90 Å². The minimum absolute atomic E-state index is 0.0302. The fourth-order valence-electron chi connectivity index (χ4n) is 2.03. The second-order valence-electron chi connectivity index (χ2n) is 5.24. The number of nitrogens with one attached hydrogen (secondary N) is 1. The Morgan fingerprint density at radius 2 is 1.84 bits per heavy atom. The van der Waals surface area contributed by atoms with Crippen LogP contribution >= 0.6 is 34.4 Å². The van der Waals surface area contributed by atoms with E-state index in [1.807, 2.05) is 42.7 Å². The number of benzene rings is 2. The molecule has 5 nitrogen and oxygen atoms in total. The third kappa shape index (κ3) is 6.24. The first-order valence-electron chi connectivity index (χ1n) is 7.55. The smallest absolute Gasteiger partial charge is 0.260 e. The molecule has 132 valence electrons. The first kappa shape index (κ1) is 19.6. The molecule has 0 aliphatic heterocycles.